The normalized spacial score (nSPS) is 14.0. The first kappa shape index (κ1) is 14.7. The first-order valence-electron chi connectivity index (χ1n) is 6.08. The number of methoxy groups -OCH3 is 1. The van der Waals surface area contributed by atoms with Gasteiger partial charge in [0.05, 0.1) is 26.4 Å². The molecule has 0 saturated heterocycles. The van der Waals surface area contributed by atoms with Crippen LogP contribution in [0.5, 0.6) is 5.75 Å². The molecule has 3 nitrogen and oxygen atoms in total. The van der Waals surface area contributed by atoms with Crippen LogP contribution in [0.1, 0.15) is 19.4 Å². The Hall–Kier alpha value is -1.32. The highest BCUT2D eigenvalue weighted by atomic mass is 16.5. The van der Waals surface area contributed by atoms with Crippen molar-refractivity contribution in [1.82, 2.24) is 0 Å². The lowest BCUT2D eigenvalue weighted by Gasteiger charge is -2.18. The molecule has 1 rings (SSSR count). The van der Waals surface area contributed by atoms with E-state index in [0.717, 1.165) is 16.9 Å². The molecule has 100 valence electrons. The summed E-state index contributed by atoms with van der Waals surface area (Å²) in [6.45, 7) is 8.57. The van der Waals surface area contributed by atoms with Gasteiger partial charge in [0, 0.05) is 5.92 Å². The van der Waals surface area contributed by atoms with Crippen LogP contribution in [-0.4, -0.2) is 24.9 Å². The van der Waals surface area contributed by atoms with E-state index in [1.807, 2.05) is 38.1 Å². The van der Waals surface area contributed by atoms with E-state index in [1.54, 1.807) is 7.11 Å². The summed E-state index contributed by atoms with van der Waals surface area (Å²) in [6, 6.07) is 7.76. The zero-order chi connectivity index (χ0) is 13.5. The Labute approximate surface area is 109 Å². The lowest BCUT2D eigenvalue weighted by Crippen LogP contribution is -2.22. The van der Waals surface area contributed by atoms with Crippen LogP contribution >= 0.6 is 0 Å². The van der Waals surface area contributed by atoms with Gasteiger partial charge < -0.3 is 14.6 Å². The fraction of sp³-hybridized carbons (Fsp3) is 0.467. The minimum Gasteiger partial charge on any atom is -0.497 e. The highest BCUT2D eigenvalue weighted by Crippen LogP contribution is 2.14. The Balaban J connectivity index is 2.34. The molecule has 0 amide bonds. The summed E-state index contributed by atoms with van der Waals surface area (Å²) in [6.07, 6.45) is -0.499. The van der Waals surface area contributed by atoms with E-state index in [0.29, 0.717) is 13.2 Å². The van der Waals surface area contributed by atoms with Crippen molar-refractivity contribution < 1.29 is 14.6 Å². The summed E-state index contributed by atoms with van der Waals surface area (Å²) in [7, 11) is 1.65. The Morgan fingerprint density at radius 3 is 2.44 bits per heavy atom. The molecule has 1 unspecified atom stereocenters. The molecule has 18 heavy (non-hydrogen) atoms. The van der Waals surface area contributed by atoms with Gasteiger partial charge >= 0.3 is 0 Å². The lowest BCUT2D eigenvalue weighted by molar-refractivity contribution is 0.0433. The topological polar surface area (TPSA) is 38.7 Å². The van der Waals surface area contributed by atoms with Gasteiger partial charge in [-0.2, -0.15) is 0 Å². The predicted octanol–water partition coefficient (Wildman–Crippen LogP) is 2.78. The molecule has 0 fully saturated rings. The second-order valence-electron chi connectivity index (χ2n) is 4.63. The summed E-state index contributed by atoms with van der Waals surface area (Å²) < 4.78 is 10.7. The fourth-order valence-electron chi connectivity index (χ4n) is 1.66. The molecular weight excluding hydrogens is 228 g/mol. The summed E-state index contributed by atoms with van der Waals surface area (Å²) in [5.41, 5.74) is 1.86. The van der Waals surface area contributed by atoms with Gasteiger partial charge in [-0.15, -0.1) is 0 Å². The Bertz CT molecular complexity index is 370. The van der Waals surface area contributed by atoms with Gasteiger partial charge in [-0.25, -0.2) is 0 Å². The molecule has 0 bridgehead atoms. The summed E-state index contributed by atoms with van der Waals surface area (Å²) >= 11 is 0. The summed E-state index contributed by atoms with van der Waals surface area (Å²) in [5, 5.41) is 9.76. The first-order chi connectivity index (χ1) is 8.54. The Kier molecular flexibility index (Phi) is 5.89. The van der Waals surface area contributed by atoms with Crippen molar-refractivity contribution in [3.05, 3.63) is 42.0 Å². The van der Waals surface area contributed by atoms with Crippen LogP contribution < -0.4 is 4.74 Å². The van der Waals surface area contributed by atoms with Gasteiger partial charge in [0.1, 0.15) is 5.75 Å². The third kappa shape index (κ3) is 4.51. The number of aliphatic hydroxyl groups excluding tert-OH is 1. The van der Waals surface area contributed by atoms with Crippen molar-refractivity contribution >= 4 is 0 Å². The van der Waals surface area contributed by atoms with E-state index in [9.17, 15) is 5.11 Å². The molecule has 0 spiro atoms. The van der Waals surface area contributed by atoms with E-state index in [-0.39, 0.29) is 5.92 Å². The highest BCUT2D eigenvalue weighted by molar-refractivity contribution is 5.26. The van der Waals surface area contributed by atoms with E-state index in [1.165, 1.54) is 0 Å². The van der Waals surface area contributed by atoms with Crippen LogP contribution in [0, 0.1) is 5.92 Å². The molecular formula is C15H22O3. The van der Waals surface area contributed by atoms with Crippen LogP contribution in [0.2, 0.25) is 0 Å². The Morgan fingerprint density at radius 2 is 1.94 bits per heavy atom. The molecule has 0 saturated carbocycles. The molecule has 1 aromatic rings. The van der Waals surface area contributed by atoms with E-state index >= 15 is 0 Å². The molecule has 1 N–H and O–H groups in total. The van der Waals surface area contributed by atoms with Crippen LogP contribution in [-0.2, 0) is 11.3 Å². The first-order valence-corrected chi connectivity index (χ1v) is 6.08. The molecule has 0 aliphatic rings. The maximum absolute atomic E-state index is 9.76. The molecule has 3 heteroatoms. The van der Waals surface area contributed by atoms with Gasteiger partial charge in [0.15, 0.2) is 0 Å². The van der Waals surface area contributed by atoms with Gasteiger partial charge in [0.2, 0.25) is 0 Å². The quantitative estimate of drug-likeness (QED) is 0.756. The molecule has 1 aromatic carbocycles. The zero-order valence-corrected chi connectivity index (χ0v) is 11.3. The third-order valence-electron chi connectivity index (χ3n) is 2.85. The number of hydrogen-bond acceptors (Lipinski definition) is 3. The van der Waals surface area contributed by atoms with Crippen molar-refractivity contribution in [3.8, 4) is 5.75 Å². The number of hydrogen-bond donors (Lipinski definition) is 1. The standard InChI is InChI=1S/C15H22O3/c1-11(2)15(16)12(3)9-18-10-13-5-7-14(17-4)8-6-13/h5-8,12,15-16H,1,9-10H2,2-4H3/t12-,15?/m0/s1. The van der Waals surface area contributed by atoms with Crippen molar-refractivity contribution in [2.24, 2.45) is 5.92 Å². The van der Waals surface area contributed by atoms with Gasteiger partial charge in [0.25, 0.3) is 0 Å². The van der Waals surface area contributed by atoms with Crippen molar-refractivity contribution in [2.75, 3.05) is 13.7 Å². The average Bonchev–Trinajstić information content (AvgIpc) is 2.38. The SMILES string of the molecule is C=C(C)C(O)[C@@H](C)COCc1ccc(OC)cc1. The molecule has 0 aromatic heterocycles. The summed E-state index contributed by atoms with van der Waals surface area (Å²) in [4.78, 5) is 0. The van der Waals surface area contributed by atoms with Crippen LogP contribution in [0.4, 0.5) is 0 Å². The van der Waals surface area contributed by atoms with Gasteiger partial charge in [-0.1, -0.05) is 31.2 Å². The monoisotopic (exact) mass is 250 g/mol. The highest BCUT2D eigenvalue weighted by Gasteiger charge is 2.14. The van der Waals surface area contributed by atoms with Crippen molar-refractivity contribution in [2.45, 2.75) is 26.6 Å². The number of rotatable bonds is 7. The second kappa shape index (κ2) is 7.19. The fourth-order valence-corrected chi connectivity index (χ4v) is 1.66. The van der Waals surface area contributed by atoms with E-state index in [2.05, 4.69) is 6.58 Å². The number of ether oxygens (including phenoxy) is 2. The largest absolute Gasteiger partial charge is 0.497 e. The van der Waals surface area contributed by atoms with E-state index in [4.69, 9.17) is 9.47 Å². The smallest absolute Gasteiger partial charge is 0.118 e. The minimum atomic E-state index is -0.499. The van der Waals surface area contributed by atoms with Crippen LogP contribution in [0.3, 0.4) is 0 Å². The maximum atomic E-state index is 9.76. The molecule has 0 aliphatic carbocycles. The van der Waals surface area contributed by atoms with Crippen LogP contribution in [0.25, 0.3) is 0 Å². The minimum absolute atomic E-state index is 0.0562. The number of aliphatic hydroxyl groups is 1. The van der Waals surface area contributed by atoms with Gasteiger partial charge in [-0.3, -0.25) is 0 Å². The molecule has 0 aliphatic heterocycles. The average molecular weight is 250 g/mol. The third-order valence-corrected chi connectivity index (χ3v) is 2.85. The predicted molar refractivity (Wildman–Crippen MR) is 72.6 cm³/mol. The summed E-state index contributed by atoms with van der Waals surface area (Å²) in [5.74, 6) is 0.894. The Morgan fingerprint density at radius 1 is 1.33 bits per heavy atom. The zero-order valence-electron chi connectivity index (χ0n) is 11.3. The van der Waals surface area contributed by atoms with Gasteiger partial charge in [-0.05, 0) is 24.6 Å². The second-order valence-corrected chi connectivity index (χ2v) is 4.63. The lowest BCUT2D eigenvalue weighted by atomic mass is 10.0. The van der Waals surface area contributed by atoms with E-state index < -0.39 is 6.10 Å². The maximum Gasteiger partial charge on any atom is 0.118 e. The molecule has 2 atom stereocenters. The molecule has 0 radical (unpaired) electrons. The van der Waals surface area contributed by atoms with Crippen molar-refractivity contribution in [3.63, 3.8) is 0 Å². The van der Waals surface area contributed by atoms with Crippen LogP contribution in [0.15, 0.2) is 36.4 Å². The number of benzene rings is 1. The van der Waals surface area contributed by atoms with Crippen molar-refractivity contribution in [1.29, 1.82) is 0 Å². The molecule has 0 heterocycles.